The first-order valence-corrected chi connectivity index (χ1v) is 15.1. The Morgan fingerprint density at radius 3 is 2.57 bits per heavy atom. The molecule has 1 spiro atoms. The van der Waals surface area contributed by atoms with Crippen molar-refractivity contribution in [3.63, 3.8) is 0 Å². The molecule has 3 heterocycles. The number of nitrogens with two attached hydrogens (primary N) is 1. The molecule has 1 aromatic carbocycles. The van der Waals surface area contributed by atoms with Gasteiger partial charge in [-0.3, -0.25) is 9.59 Å². The van der Waals surface area contributed by atoms with E-state index in [1.54, 1.807) is 13.0 Å². The van der Waals surface area contributed by atoms with Crippen LogP contribution >= 0.6 is 0 Å². The summed E-state index contributed by atoms with van der Waals surface area (Å²) in [4.78, 5) is 36.2. The van der Waals surface area contributed by atoms with Crippen LogP contribution in [0.4, 0.5) is 4.39 Å². The summed E-state index contributed by atoms with van der Waals surface area (Å²) in [5.74, 6) is -1.64. The summed E-state index contributed by atoms with van der Waals surface area (Å²) in [6.45, 7) is 8.04. The van der Waals surface area contributed by atoms with Crippen molar-refractivity contribution in [3.05, 3.63) is 71.6 Å². The molecule has 11 heteroatoms. The van der Waals surface area contributed by atoms with Crippen LogP contribution in [0.3, 0.4) is 0 Å². The van der Waals surface area contributed by atoms with E-state index in [-0.39, 0.29) is 42.1 Å². The number of hydrogen-bond donors (Lipinski definition) is 3. The first kappa shape index (κ1) is 33.5. The van der Waals surface area contributed by atoms with E-state index in [4.69, 9.17) is 24.7 Å². The Hall–Kier alpha value is -3.38. The Bertz CT molecular complexity index is 1270. The van der Waals surface area contributed by atoms with Gasteiger partial charge in [0.1, 0.15) is 29.7 Å². The van der Waals surface area contributed by atoms with Gasteiger partial charge in [0.2, 0.25) is 11.8 Å². The van der Waals surface area contributed by atoms with E-state index in [9.17, 15) is 23.9 Å². The molecule has 9 atom stereocenters. The second-order valence-corrected chi connectivity index (χ2v) is 12.1. The number of hydrogen-bond acceptors (Lipinski definition) is 8. The molecule has 3 saturated heterocycles. The van der Waals surface area contributed by atoms with E-state index in [1.165, 1.54) is 36.4 Å². The van der Waals surface area contributed by atoms with Crippen LogP contribution in [0.5, 0.6) is 0 Å². The minimum absolute atomic E-state index is 0.0393. The van der Waals surface area contributed by atoms with Gasteiger partial charge < -0.3 is 35.1 Å². The van der Waals surface area contributed by atoms with Crippen molar-refractivity contribution < 1.29 is 42.8 Å². The summed E-state index contributed by atoms with van der Waals surface area (Å²) in [5.41, 5.74) is 5.89. The van der Waals surface area contributed by atoms with Gasteiger partial charge in [0, 0.05) is 12.5 Å². The van der Waals surface area contributed by atoms with Gasteiger partial charge >= 0.3 is 5.97 Å². The summed E-state index contributed by atoms with van der Waals surface area (Å²) in [5, 5.41) is 13.7. The second-order valence-electron chi connectivity index (χ2n) is 12.1. The molecule has 10 nitrogen and oxygen atoms in total. The van der Waals surface area contributed by atoms with Crippen molar-refractivity contribution in [1.29, 1.82) is 0 Å². The predicted molar refractivity (Wildman–Crippen MR) is 160 cm³/mol. The SMILES string of the molecule is CC(/C=C/[C@H]1O[C@H](CC(N)=O)C[C@@]2(CO2)[C@@H]1O)=C\C[C@@H]1O[C@H](C)[C@H](NC(=O)/C=C\C(C)OC(=O)c2ccc(F)cc2)C[C@@H]1C. The second kappa shape index (κ2) is 14.6. The number of epoxide rings is 1. The predicted octanol–water partition coefficient (Wildman–Crippen LogP) is 3.28. The molecule has 3 aliphatic heterocycles. The molecule has 240 valence electrons. The van der Waals surface area contributed by atoms with Crippen LogP contribution in [-0.4, -0.2) is 77.8 Å². The maximum atomic E-state index is 13.1. The van der Waals surface area contributed by atoms with Gasteiger partial charge in [-0.1, -0.05) is 30.7 Å². The average molecular weight is 615 g/mol. The number of carbonyl (C=O) groups excluding carboxylic acids is 3. The highest BCUT2D eigenvalue weighted by Crippen LogP contribution is 2.43. The smallest absolute Gasteiger partial charge is 0.338 e. The highest BCUT2D eigenvalue weighted by molar-refractivity contribution is 5.90. The molecule has 4 N–H and O–H groups in total. The Kier molecular flexibility index (Phi) is 11.1. The molecule has 3 fully saturated rings. The minimum atomic E-state index is -0.820. The van der Waals surface area contributed by atoms with Crippen molar-refractivity contribution in [2.45, 2.75) is 102 Å². The molecule has 0 bridgehead atoms. The number of nitrogens with one attached hydrogen (secondary N) is 1. The fourth-order valence-corrected chi connectivity index (χ4v) is 5.67. The third-order valence-electron chi connectivity index (χ3n) is 8.37. The van der Waals surface area contributed by atoms with Crippen LogP contribution in [0.25, 0.3) is 0 Å². The first-order chi connectivity index (χ1) is 20.8. The van der Waals surface area contributed by atoms with Crippen LogP contribution in [-0.2, 0) is 28.5 Å². The monoisotopic (exact) mass is 614 g/mol. The summed E-state index contributed by atoms with van der Waals surface area (Å²) >= 11 is 0. The lowest BCUT2D eigenvalue weighted by Gasteiger charge is -2.39. The van der Waals surface area contributed by atoms with Gasteiger partial charge in [-0.25, -0.2) is 9.18 Å². The zero-order chi connectivity index (χ0) is 32.0. The number of esters is 1. The normalized spacial score (nSPS) is 33.0. The van der Waals surface area contributed by atoms with Crippen LogP contribution in [0.2, 0.25) is 0 Å². The molecule has 4 rings (SSSR count). The zero-order valence-corrected chi connectivity index (χ0v) is 25.6. The minimum Gasteiger partial charge on any atom is -0.455 e. The van der Waals surface area contributed by atoms with E-state index >= 15 is 0 Å². The molecule has 0 aromatic heterocycles. The lowest BCUT2D eigenvalue weighted by molar-refractivity contribution is -0.143. The number of amides is 2. The lowest BCUT2D eigenvalue weighted by Crippen LogP contribution is -2.50. The standard InChI is InChI=1S/C33H43FN2O8/c1-19(6-13-28-31(39)33(18-41-33)17-25(44-28)16-29(35)37)5-12-27-20(2)15-26(22(4)43-27)36-30(38)14-7-21(3)42-32(40)23-8-10-24(34)11-9-23/h5-11,13-14,20-22,25-28,31,39H,12,15-18H2,1-4H3,(H2,35,37)(H,36,38)/b13-6+,14-7-,19-5+/t20-,21?,22+,25+,26+,27-,28+,31+,33+/m0/s1. The van der Waals surface area contributed by atoms with E-state index in [2.05, 4.69) is 18.3 Å². The number of benzene rings is 1. The Morgan fingerprint density at radius 2 is 1.91 bits per heavy atom. The van der Waals surface area contributed by atoms with Gasteiger partial charge in [0.05, 0.1) is 42.9 Å². The van der Waals surface area contributed by atoms with Crippen LogP contribution in [0.15, 0.2) is 60.2 Å². The maximum absolute atomic E-state index is 13.1. The number of allylic oxidation sites excluding steroid dienone is 2. The topological polar surface area (TPSA) is 150 Å². The maximum Gasteiger partial charge on any atom is 0.338 e. The van der Waals surface area contributed by atoms with E-state index < -0.39 is 47.7 Å². The number of aliphatic hydroxyl groups excluding tert-OH is 1. The quantitative estimate of drug-likeness (QED) is 0.149. The van der Waals surface area contributed by atoms with E-state index in [0.29, 0.717) is 19.4 Å². The molecule has 1 aromatic rings. The van der Waals surface area contributed by atoms with Crippen molar-refractivity contribution in [2.24, 2.45) is 11.7 Å². The molecular formula is C33H43FN2O8. The highest BCUT2D eigenvalue weighted by Gasteiger charge is 2.58. The largest absolute Gasteiger partial charge is 0.455 e. The van der Waals surface area contributed by atoms with E-state index in [0.717, 1.165) is 12.0 Å². The van der Waals surface area contributed by atoms with Crippen LogP contribution in [0.1, 0.15) is 63.7 Å². The number of primary amides is 1. The first-order valence-electron chi connectivity index (χ1n) is 15.1. The van der Waals surface area contributed by atoms with Gasteiger partial charge in [-0.2, -0.15) is 0 Å². The third-order valence-corrected chi connectivity index (χ3v) is 8.37. The molecule has 3 aliphatic rings. The van der Waals surface area contributed by atoms with Crippen LogP contribution < -0.4 is 11.1 Å². The highest BCUT2D eigenvalue weighted by atomic mass is 19.1. The summed E-state index contributed by atoms with van der Waals surface area (Å²) < 4.78 is 36.1. The van der Waals surface area contributed by atoms with E-state index in [1.807, 2.05) is 19.9 Å². The number of rotatable bonds is 11. The van der Waals surface area contributed by atoms with Crippen molar-refractivity contribution in [2.75, 3.05) is 6.61 Å². The number of carbonyl (C=O) groups is 3. The van der Waals surface area contributed by atoms with Crippen molar-refractivity contribution in [1.82, 2.24) is 5.32 Å². The van der Waals surface area contributed by atoms with Crippen molar-refractivity contribution in [3.8, 4) is 0 Å². The van der Waals surface area contributed by atoms with Crippen molar-refractivity contribution >= 4 is 17.8 Å². The summed E-state index contributed by atoms with van der Waals surface area (Å²) in [6, 6.07) is 4.86. The lowest BCUT2D eigenvalue weighted by atomic mass is 9.87. The molecule has 44 heavy (non-hydrogen) atoms. The fraction of sp³-hybridized carbons (Fsp3) is 0.545. The van der Waals surface area contributed by atoms with Gasteiger partial charge in [-0.05, 0) is 69.9 Å². The van der Waals surface area contributed by atoms with Gasteiger partial charge in [-0.15, -0.1) is 0 Å². The Balaban J connectivity index is 1.23. The number of halogens is 1. The average Bonchev–Trinajstić information content (AvgIpc) is 3.74. The van der Waals surface area contributed by atoms with Gasteiger partial charge in [0.15, 0.2) is 0 Å². The fourth-order valence-electron chi connectivity index (χ4n) is 5.67. The summed E-state index contributed by atoms with van der Waals surface area (Å²) in [7, 11) is 0. The molecule has 2 amide bonds. The Morgan fingerprint density at radius 1 is 1.20 bits per heavy atom. The molecule has 1 unspecified atom stereocenters. The molecule has 0 aliphatic carbocycles. The summed E-state index contributed by atoms with van der Waals surface area (Å²) in [6.07, 6.45) is 7.78. The third kappa shape index (κ3) is 9.07. The molecular weight excluding hydrogens is 571 g/mol. The number of ether oxygens (including phenoxy) is 4. The van der Waals surface area contributed by atoms with Crippen LogP contribution in [0, 0.1) is 11.7 Å². The molecule has 0 saturated carbocycles. The van der Waals surface area contributed by atoms with Gasteiger partial charge in [0.25, 0.3) is 0 Å². The zero-order valence-electron chi connectivity index (χ0n) is 25.6. The Labute approximate surface area is 257 Å². The number of aliphatic hydroxyl groups is 1. The molecule has 0 radical (unpaired) electrons.